The molecule has 5 nitrogen and oxygen atoms in total. The normalized spacial score (nSPS) is 12.3. The predicted molar refractivity (Wildman–Crippen MR) is 85.1 cm³/mol. The highest BCUT2D eigenvalue weighted by Crippen LogP contribution is 2.16. The molecule has 2 N–H and O–H groups in total. The Hall–Kier alpha value is -2.01. The van der Waals surface area contributed by atoms with Crippen LogP contribution >= 0.6 is 0 Å². The van der Waals surface area contributed by atoms with Crippen LogP contribution in [0, 0.1) is 0 Å². The van der Waals surface area contributed by atoms with Crippen molar-refractivity contribution in [2.75, 3.05) is 11.4 Å². The first-order chi connectivity index (χ1) is 10.2. The van der Waals surface area contributed by atoms with Crippen molar-refractivity contribution in [1.82, 2.24) is 9.97 Å². The standard InChI is InChI=1S/C16H22N4O/c1-3-7-13(17)15(21)20(10-4-2)16-18-11-12-8-5-6-9-14(12)19-16/h5-6,8-9,11,13H,3-4,7,10,17H2,1-2H3. The number of anilines is 1. The molecule has 0 saturated carbocycles. The number of para-hydroxylation sites is 1. The third-order valence-electron chi connectivity index (χ3n) is 3.35. The van der Waals surface area contributed by atoms with E-state index in [1.54, 1.807) is 11.1 Å². The minimum atomic E-state index is -0.489. The van der Waals surface area contributed by atoms with E-state index in [-0.39, 0.29) is 5.91 Å². The highest BCUT2D eigenvalue weighted by Gasteiger charge is 2.23. The molecule has 1 aromatic carbocycles. The molecule has 0 saturated heterocycles. The van der Waals surface area contributed by atoms with Crippen LogP contribution in [0.5, 0.6) is 0 Å². The van der Waals surface area contributed by atoms with Crippen molar-refractivity contribution in [2.45, 2.75) is 39.2 Å². The molecule has 1 atom stereocenters. The second-order valence-electron chi connectivity index (χ2n) is 5.11. The molecule has 0 bridgehead atoms. The number of carbonyl (C=O) groups is 1. The van der Waals surface area contributed by atoms with E-state index >= 15 is 0 Å². The minimum absolute atomic E-state index is 0.103. The SMILES string of the molecule is CCCC(N)C(=O)N(CCC)c1ncc2ccccc2n1. The summed E-state index contributed by atoms with van der Waals surface area (Å²) in [5.74, 6) is 0.334. The number of aromatic nitrogens is 2. The van der Waals surface area contributed by atoms with Gasteiger partial charge in [-0.05, 0) is 18.9 Å². The summed E-state index contributed by atoms with van der Waals surface area (Å²) in [6, 6.07) is 7.25. The van der Waals surface area contributed by atoms with Gasteiger partial charge in [0.1, 0.15) is 0 Å². The van der Waals surface area contributed by atoms with Crippen molar-refractivity contribution in [3.05, 3.63) is 30.5 Å². The van der Waals surface area contributed by atoms with Gasteiger partial charge in [-0.2, -0.15) is 0 Å². The monoisotopic (exact) mass is 286 g/mol. The molecule has 0 radical (unpaired) electrons. The fourth-order valence-electron chi connectivity index (χ4n) is 2.26. The summed E-state index contributed by atoms with van der Waals surface area (Å²) in [6.45, 7) is 4.62. The van der Waals surface area contributed by atoms with Gasteiger partial charge >= 0.3 is 0 Å². The quantitative estimate of drug-likeness (QED) is 0.885. The second kappa shape index (κ2) is 7.13. The first-order valence-electron chi connectivity index (χ1n) is 7.46. The largest absolute Gasteiger partial charge is 0.320 e. The number of fused-ring (bicyclic) bond motifs is 1. The van der Waals surface area contributed by atoms with Crippen LogP contribution in [0.2, 0.25) is 0 Å². The van der Waals surface area contributed by atoms with Crippen molar-refractivity contribution in [1.29, 1.82) is 0 Å². The summed E-state index contributed by atoms with van der Waals surface area (Å²) in [5, 5.41) is 0.961. The molecule has 1 amide bonds. The molecule has 0 aliphatic carbocycles. The van der Waals surface area contributed by atoms with Gasteiger partial charge < -0.3 is 5.73 Å². The lowest BCUT2D eigenvalue weighted by Crippen LogP contribution is -2.45. The minimum Gasteiger partial charge on any atom is -0.320 e. The Morgan fingerprint density at radius 1 is 1.29 bits per heavy atom. The van der Waals surface area contributed by atoms with Gasteiger partial charge in [-0.25, -0.2) is 9.97 Å². The van der Waals surface area contributed by atoms with Crippen LogP contribution in [-0.4, -0.2) is 28.5 Å². The molecule has 0 aliphatic heterocycles. The van der Waals surface area contributed by atoms with Crippen LogP contribution in [0.4, 0.5) is 5.95 Å². The van der Waals surface area contributed by atoms with Crippen molar-refractivity contribution < 1.29 is 4.79 Å². The van der Waals surface area contributed by atoms with Gasteiger partial charge in [0, 0.05) is 18.1 Å². The van der Waals surface area contributed by atoms with Crippen LogP contribution < -0.4 is 10.6 Å². The predicted octanol–water partition coefficient (Wildman–Crippen LogP) is 2.50. The van der Waals surface area contributed by atoms with Crippen LogP contribution in [0.15, 0.2) is 30.5 Å². The molecule has 0 spiro atoms. The fourth-order valence-corrected chi connectivity index (χ4v) is 2.26. The third-order valence-corrected chi connectivity index (χ3v) is 3.35. The van der Waals surface area contributed by atoms with Crippen molar-refractivity contribution >= 4 is 22.8 Å². The molecule has 1 unspecified atom stereocenters. The molecule has 112 valence electrons. The number of benzene rings is 1. The summed E-state index contributed by atoms with van der Waals surface area (Å²) < 4.78 is 0. The average Bonchev–Trinajstić information content (AvgIpc) is 2.51. The van der Waals surface area contributed by atoms with Gasteiger partial charge in [0.05, 0.1) is 11.6 Å². The van der Waals surface area contributed by atoms with E-state index < -0.39 is 6.04 Å². The molecule has 2 rings (SSSR count). The summed E-state index contributed by atoms with van der Waals surface area (Å²) in [4.78, 5) is 22.9. The van der Waals surface area contributed by atoms with Gasteiger partial charge in [0.25, 0.3) is 0 Å². The highest BCUT2D eigenvalue weighted by molar-refractivity contribution is 5.96. The molecular formula is C16H22N4O. The summed E-state index contributed by atoms with van der Waals surface area (Å²) in [6.07, 6.45) is 4.14. The Bertz CT molecular complexity index is 614. The lowest BCUT2D eigenvalue weighted by atomic mass is 10.1. The summed E-state index contributed by atoms with van der Waals surface area (Å²) in [7, 11) is 0. The number of nitrogens with zero attached hydrogens (tertiary/aromatic N) is 3. The lowest BCUT2D eigenvalue weighted by molar-refractivity contribution is -0.120. The number of carbonyl (C=O) groups excluding carboxylic acids is 1. The van der Waals surface area contributed by atoms with E-state index in [0.29, 0.717) is 18.9 Å². The maximum Gasteiger partial charge on any atom is 0.246 e. The van der Waals surface area contributed by atoms with E-state index in [4.69, 9.17) is 5.73 Å². The Morgan fingerprint density at radius 3 is 2.76 bits per heavy atom. The number of nitrogens with two attached hydrogens (primary N) is 1. The maximum absolute atomic E-state index is 12.5. The Labute approximate surface area is 125 Å². The number of rotatable bonds is 6. The van der Waals surface area contributed by atoms with Gasteiger partial charge in [0.15, 0.2) is 0 Å². The lowest BCUT2D eigenvalue weighted by Gasteiger charge is -2.23. The van der Waals surface area contributed by atoms with E-state index in [2.05, 4.69) is 9.97 Å². The van der Waals surface area contributed by atoms with Gasteiger partial charge in [-0.3, -0.25) is 9.69 Å². The third kappa shape index (κ3) is 3.55. The zero-order valence-corrected chi connectivity index (χ0v) is 12.6. The van der Waals surface area contributed by atoms with Crippen LogP contribution in [0.1, 0.15) is 33.1 Å². The fraction of sp³-hybridized carbons (Fsp3) is 0.438. The molecule has 1 aromatic heterocycles. The van der Waals surface area contributed by atoms with Gasteiger partial charge in [-0.1, -0.05) is 38.5 Å². The van der Waals surface area contributed by atoms with Crippen molar-refractivity contribution in [3.8, 4) is 0 Å². The number of hydrogen-bond donors (Lipinski definition) is 1. The molecule has 0 aliphatic rings. The summed E-state index contributed by atoms with van der Waals surface area (Å²) in [5.41, 5.74) is 6.80. The van der Waals surface area contributed by atoms with Crippen LogP contribution in [0.25, 0.3) is 10.9 Å². The second-order valence-corrected chi connectivity index (χ2v) is 5.11. The van der Waals surface area contributed by atoms with E-state index in [1.165, 1.54) is 0 Å². The summed E-state index contributed by atoms with van der Waals surface area (Å²) >= 11 is 0. The van der Waals surface area contributed by atoms with E-state index in [1.807, 2.05) is 38.1 Å². The zero-order chi connectivity index (χ0) is 15.2. The number of hydrogen-bond acceptors (Lipinski definition) is 4. The topological polar surface area (TPSA) is 72.1 Å². The highest BCUT2D eigenvalue weighted by atomic mass is 16.2. The molecule has 1 heterocycles. The zero-order valence-electron chi connectivity index (χ0n) is 12.6. The molecule has 21 heavy (non-hydrogen) atoms. The molecular weight excluding hydrogens is 264 g/mol. The maximum atomic E-state index is 12.5. The smallest absolute Gasteiger partial charge is 0.246 e. The van der Waals surface area contributed by atoms with Crippen molar-refractivity contribution in [3.63, 3.8) is 0 Å². The Kier molecular flexibility index (Phi) is 5.22. The first kappa shape index (κ1) is 15.4. The molecule has 0 fully saturated rings. The molecule has 2 aromatic rings. The van der Waals surface area contributed by atoms with E-state index in [9.17, 15) is 4.79 Å². The average molecular weight is 286 g/mol. The van der Waals surface area contributed by atoms with Crippen LogP contribution in [0.3, 0.4) is 0 Å². The Balaban J connectivity index is 2.33. The molecule has 5 heteroatoms. The van der Waals surface area contributed by atoms with Gasteiger partial charge in [-0.15, -0.1) is 0 Å². The first-order valence-corrected chi connectivity index (χ1v) is 7.46. The number of amides is 1. The Morgan fingerprint density at radius 2 is 2.05 bits per heavy atom. The van der Waals surface area contributed by atoms with Crippen molar-refractivity contribution in [2.24, 2.45) is 5.73 Å². The van der Waals surface area contributed by atoms with Gasteiger partial charge in [0.2, 0.25) is 11.9 Å². The van der Waals surface area contributed by atoms with Crippen LogP contribution in [-0.2, 0) is 4.79 Å². The van der Waals surface area contributed by atoms with E-state index in [0.717, 1.165) is 23.7 Å².